The first-order valence-electron chi connectivity index (χ1n) is 5.79. The van der Waals surface area contributed by atoms with Gasteiger partial charge in [0.15, 0.2) is 0 Å². The minimum absolute atomic E-state index is 0.530. The minimum Gasteiger partial charge on any atom is -0.316 e. The van der Waals surface area contributed by atoms with Gasteiger partial charge in [-0.25, -0.2) is 0 Å². The van der Waals surface area contributed by atoms with Crippen molar-refractivity contribution in [3.8, 4) is 0 Å². The van der Waals surface area contributed by atoms with Crippen LogP contribution in [0.2, 0.25) is 0 Å². The van der Waals surface area contributed by atoms with Crippen molar-refractivity contribution in [2.24, 2.45) is 11.3 Å². The Morgan fingerprint density at radius 3 is 2.62 bits per heavy atom. The molecule has 0 aromatic heterocycles. The Labute approximate surface area is 83.3 Å². The van der Waals surface area contributed by atoms with Gasteiger partial charge in [0.25, 0.3) is 0 Å². The first kappa shape index (κ1) is 11.0. The molecular weight excluding hydrogens is 158 g/mol. The number of nitrogens with one attached hydrogen (secondary N) is 1. The average Bonchev–Trinajstić information content (AvgIpc) is 2.04. The van der Waals surface area contributed by atoms with Gasteiger partial charge in [0.05, 0.1) is 0 Å². The topological polar surface area (TPSA) is 12.0 Å². The smallest absolute Gasteiger partial charge is 0.00205 e. The maximum atomic E-state index is 3.48. The average molecular weight is 183 g/mol. The molecule has 1 heterocycles. The van der Waals surface area contributed by atoms with Gasteiger partial charge in [-0.15, -0.1) is 0 Å². The molecule has 1 atom stereocenters. The van der Waals surface area contributed by atoms with Crippen molar-refractivity contribution >= 4 is 0 Å². The summed E-state index contributed by atoms with van der Waals surface area (Å²) in [6.07, 6.45) is 7.07. The standard InChI is InChI=1S/C12H25N/c1-12(2,3)8-4-6-11-7-5-9-13-10-11/h11,13H,4-10H2,1-3H3. The fourth-order valence-corrected chi connectivity index (χ4v) is 2.09. The monoisotopic (exact) mass is 183 g/mol. The van der Waals surface area contributed by atoms with E-state index in [0.717, 1.165) is 5.92 Å². The van der Waals surface area contributed by atoms with Gasteiger partial charge in [-0.3, -0.25) is 0 Å². The van der Waals surface area contributed by atoms with E-state index < -0.39 is 0 Å². The van der Waals surface area contributed by atoms with E-state index in [9.17, 15) is 0 Å². The summed E-state index contributed by atoms with van der Waals surface area (Å²) < 4.78 is 0. The number of piperidine rings is 1. The molecule has 1 saturated heterocycles. The second kappa shape index (κ2) is 4.99. The second-order valence-corrected chi connectivity index (χ2v) is 5.67. The van der Waals surface area contributed by atoms with Crippen molar-refractivity contribution in [2.45, 2.75) is 52.9 Å². The van der Waals surface area contributed by atoms with Crippen molar-refractivity contribution in [3.63, 3.8) is 0 Å². The second-order valence-electron chi connectivity index (χ2n) is 5.67. The summed E-state index contributed by atoms with van der Waals surface area (Å²) >= 11 is 0. The third kappa shape index (κ3) is 5.30. The van der Waals surface area contributed by atoms with Gasteiger partial charge in [-0.2, -0.15) is 0 Å². The zero-order valence-corrected chi connectivity index (χ0v) is 9.53. The van der Waals surface area contributed by atoms with E-state index in [1.165, 1.54) is 45.2 Å². The van der Waals surface area contributed by atoms with Crippen molar-refractivity contribution in [1.29, 1.82) is 0 Å². The molecule has 13 heavy (non-hydrogen) atoms. The Bertz CT molecular complexity index is 129. The molecule has 0 aliphatic carbocycles. The maximum Gasteiger partial charge on any atom is -0.00205 e. The summed E-state index contributed by atoms with van der Waals surface area (Å²) in [4.78, 5) is 0. The van der Waals surface area contributed by atoms with E-state index in [1.807, 2.05) is 0 Å². The van der Waals surface area contributed by atoms with Gasteiger partial charge in [-0.05, 0) is 50.1 Å². The lowest BCUT2D eigenvalue weighted by Gasteiger charge is -2.24. The molecule has 0 spiro atoms. The van der Waals surface area contributed by atoms with Crippen molar-refractivity contribution in [3.05, 3.63) is 0 Å². The molecule has 1 N–H and O–H groups in total. The highest BCUT2D eigenvalue weighted by Gasteiger charge is 2.14. The molecule has 1 aliphatic rings. The fourth-order valence-electron chi connectivity index (χ4n) is 2.09. The van der Waals surface area contributed by atoms with Crippen molar-refractivity contribution < 1.29 is 0 Å². The molecule has 1 aliphatic heterocycles. The molecule has 0 amide bonds. The van der Waals surface area contributed by atoms with Crippen LogP contribution in [-0.4, -0.2) is 13.1 Å². The summed E-state index contributed by atoms with van der Waals surface area (Å²) in [6, 6.07) is 0. The summed E-state index contributed by atoms with van der Waals surface area (Å²) in [5.41, 5.74) is 0.530. The summed E-state index contributed by atoms with van der Waals surface area (Å²) in [5, 5.41) is 3.48. The van der Waals surface area contributed by atoms with E-state index in [-0.39, 0.29) is 0 Å². The minimum atomic E-state index is 0.530. The predicted molar refractivity (Wildman–Crippen MR) is 58.9 cm³/mol. The lowest BCUT2D eigenvalue weighted by atomic mass is 9.86. The third-order valence-electron chi connectivity index (χ3n) is 2.94. The number of rotatable bonds is 3. The molecule has 1 nitrogen and oxygen atoms in total. The van der Waals surface area contributed by atoms with Crippen LogP contribution in [0.25, 0.3) is 0 Å². The molecule has 78 valence electrons. The first-order chi connectivity index (χ1) is 6.08. The van der Waals surface area contributed by atoms with Crippen LogP contribution >= 0.6 is 0 Å². The van der Waals surface area contributed by atoms with Crippen molar-refractivity contribution in [1.82, 2.24) is 5.32 Å². The van der Waals surface area contributed by atoms with Crippen LogP contribution in [-0.2, 0) is 0 Å². The van der Waals surface area contributed by atoms with Crippen LogP contribution in [0.4, 0.5) is 0 Å². The van der Waals surface area contributed by atoms with Gasteiger partial charge in [0.2, 0.25) is 0 Å². The van der Waals surface area contributed by atoms with E-state index in [1.54, 1.807) is 0 Å². The third-order valence-corrected chi connectivity index (χ3v) is 2.94. The fraction of sp³-hybridized carbons (Fsp3) is 1.00. The SMILES string of the molecule is CC(C)(C)CCCC1CCCNC1. The number of hydrogen-bond acceptors (Lipinski definition) is 1. The Balaban J connectivity index is 2.04. The molecule has 0 saturated carbocycles. The van der Waals surface area contributed by atoms with Crippen LogP contribution in [0.1, 0.15) is 52.9 Å². The highest BCUT2D eigenvalue weighted by molar-refractivity contribution is 4.70. The van der Waals surface area contributed by atoms with E-state index >= 15 is 0 Å². The van der Waals surface area contributed by atoms with Crippen LogP contribution in [0.5, 0.6) is 0 Å². The van der Waals surface area contributed by atoms with E-state index in [4.69, 9.17) is 0 Å². The Morgan fingerprint density at radius 2 is 2.08 bits per heavy atom. The molecule has 0 aromatic rings. The summed E-state index contributed by atoms with van der Waals surface area (Å²) in [6.45, 7) is 9.53. The first-order valence-corrected chi connectivity index (χ1v) is 5.79. The zero-order valence-electron chi connectivity index (χ0n) is 9.53. The predicted octanol–water partition coefficient (Wildman–Crippen LogP) is 3.20. The lowest BCUT2D eigenvalue weighted by molar-refractivity contribution is 0.305. The van der Waals surface area contributed by atoms with Crippen LogP contribution in [0.3, 0.4) is 0 Å². The molecule has 1 fully saturated rings. The molecule has 1 unspecified atom stereocenters. The highest BCUT2D eigenvalue weighted by atomic mass is 14.9. The Kier molecular flexibility index (Phi) is 4.24. The van der Waals surface area contributed by atoms with Gasteiger partial charge in [-0.1, -0.05) is 27.2 Å². The van der Waals surface area contributed by atoms with Crippen LogP contribution in [0.15, 0.2) is 0 Å². The van der Waals surface area contributed by atoms with E-state index in [0.29, 0.717) is 5.41 Å². The van der Waals surface area contributed by atoms with Crippen LogP contribution in [0, 0.1) is 11.3 Å². The van der Waals surface area contributed by atoms with Gasteiger partial charge in [0, 0.05) is 0 Å². The molecule has 0 bridgehead atoms. The van der Waals surface area contributed by atoms with Gasteiger partial charge in [0.1, 0.15) is 0 Å². The Morgan fingerprint density at radius 1 is 1.31 bits per heavy atom. The van der Waals surface area contributed by atoms with Crippen molar-refractivity contribution in [2.75, 3.05) is 13.1 Å². The highest BCUT2D eigenvalue weighted by Crippen LogP contribution is 2.25. The lowest BCUT2D eigenvalue weighted by Crippen LogP contribution is -2.29. The Hall–Kier alpha value is -0.0400. The maximum absolute atomic E-state index is 3.48. The quantitative estimate of drug-likeness (QED) is 0.708. The zero-order chi connectivity index (χ0) is 9.73. The molecule has 0 aromatic carbocycles. The summed E-state index contributed by atoms with van der Waals surface area (Å²) in [5.74, 6) is 0.969. The van der Waals surface area contributed by atoms with Gasteiger partial charge < -0.3 is 5.32 Å². The molecule has 0 radical (unpaired) electrons. The molecule has 1 heteroatoms. The summed E-state index contributed by atoms with van der Waals surface area (Å²) in [7, 11) is 0. The number of hydrogen-bond donors (Lipinski definition) is 1. The molecular formula is C12H25N. The molecule has 1 rings (SSSR count). The van der Waals surface area contributed by atoms with Crippen LogP contribution < -0.4 is 5.32 Å². The normalized spacial score (nSPS) is 24.7. The van der Waals surface area contributed by atoms with Gasteiger partial charge >= 0.3 is 0 Å². The van der Waals surface area contributed by atoms with E-state index in [2.05, 4.69) is 26.1 Å². The largest absolute Gasteiger partial charge is 0.316 e.